The highest BCUT2D eigenvalue weighted by molar-refractivity contribution is 7.19. The van der Waals surface area contributed by atoms with E-state index in [2.05, 4.69) is 25.7 Å². The molecule has 0 radical (unpaired) electrons. The first-order valence-corrected chi connectivity index (χ1v) is 11.1. The number of anilines is 2. The van der Waals surface area contributed by atoms with Crippen LogP contribution < -0.4 is 10.6 Å². The zero-order valence-corrected chi connectivity index (χ0v) is 18.2. The lowest BCUT2D eigenvalue weighted by molar-refractivity contribution is -0.125. The molecule has 0 aliphatic heterocycles. The number of halogens is 1. The van der Waals surface area contributed by atoms with Gasteiger partial charge < -0.3 is 10.6 Å². The number of hydrogen-bond acceptors (Lipinski definition) is 6. The maximum atomic E-state index is 12.5. The second-order valence-electron chi connectivity index (χ2n) is 7.87. The summed E-state index contributed by atoms with van der Waals surface area (Å²) in [5, 5.41) is 12.2. The van der Waals surface area contributed by atoms with E-state index >= 15 is 0 Å². The molecule has 4 aromatic heterocycles. The summed E-state index contributed by atoms with van der Waals surface area (Å²) < 4.78 is 1.73. The smallest absolute Gasteiger partial charge is 0.223 e. The van der Waals surface area contributed by atoms with Gasteiger partial charge in [-0.3, -0.25) is 4.79 Å². The molecule has 30 heavy (non-hydrogen) atoms. The molecule has 0 spiro atoms. The molecule has 4 aromatic rings. The van der Waals surface area contributed by atoms with Crippen molar-refractivity contribution in [1.82, 2.24) is 24.9 Å². The average molecular weight is 441 g/mol. The van der Waals surface area contributed by atoms with Gasteiger partial charge in [-0.25, -0.2) is 14.5 Å². The standard InChI is InChI=1S/C21H21ClN6OS/c1-11(2)26-20(29)12-3-4-14-17(7-12)30-21-18(14)19(23-10-24-21)27-16-8-13-5-6-25-28(13)9-15(16)22/h5-6,8-12H,3-4,7H2,1-2H3,(H,26,29)(H,23,24,27)/t12-/m0/s1. The normalized spacial score (nSPS) is 16.2. The first kappa shape index (κ1) is 19.3. The zero-order valence-electron chi connectivity index (χ0n) is 16.6. The monoisotopic (exact) mass is 440 g/mol. The number of aromatic nitrogens is 4. The Kier molecular flexibility index (Phi) is 4.83. The average Bonchev–Trinajstić information content (AvgIpc) is 3.31. The molecular formula is C21H21ClN6OS. The lowest BCUT2D eigenvalue weighted by Crippen LogP contribution is -2.37. The van der Waals surface area contributed by atoms with Crippen LogP contribution in [-0.4, -0.2) is 31.5 Å². The summed E-state index contributed by atoms with van der Waals surface area (Å²) in [6.07, 6.45) is 7.49. The molecule has 1 aliphatic rings. The summed E-state index contributed by atoms with van der Waals surface area (Å²) in [7, 11) is 0. The Balaban J connectivity index is 1.50. The van der Waals surface area contributed by atoms with Gasteiger partial charge in [0.15, 0.2) is 0 Å². The van der Waals surface area contributed by atoms with Crippen LogP contribution >= 0.6 is 22.9 Å². The van der Waals surface area contributed by atoms with E-state index in [1.54, 1.807) is 34.6 Å². The summed E-state index contributed by atoms with van der Waals surface area (Å²) in [6, 6.07) is 4.03. The van der Waals surface area contributed by atoms with Crippen molar-refractivity contribution in [3.63, 3.8) is 0 Å². The first-order chi connectivity index (χ1) is 14.5. The highest BCUT2D eigenvalue weighted by Crippen LogP contribution is 2.41. The Morgan fingerprint density at radius 3 is 3.07 bits per heavy atom. The number of pyridine rings is 1. The topological polar surface area (TPSA) is 84.2 Å². The minimum absolute atomic E-state index is 0.0102. The van der Waals surface area contributed by atoms with Crippen LogP contribution in [0.15, 0.2) is 30.9 Å². The molecule has 5 rings (SSSR count). The zero-order chi connectivity index (χ0) is 20.8. The third-order valence-corrected chi connectivity index (χ3v) is 6.85. The molecule has 0 saturated carbocycles. The Bertz CT molecular complexity index is 1260. The Hall–Kier alpha value is -2.71. The van der Waals surface area contributed by atoms with Gasteiger partial charge in [-0.1, -0.05) is 11.6 Å². The third kappa shape index (κ3) is 3.40. The fraction of sp³-hybridized carbons (Fsp3) is 0.333. The third-order valence-electron chi connectivity index (χ3n) is 5.39. The maximum Gasteiger partial charge on any atom is 0.223 e. The SMILES string of the molecule is CC(C)NC(=O)[C@H]1CCc2c(sc3ncnc(Nc4cc5ccnn5cc4Cl)c23)C1. The van der Waals surface area contributed by atoms with E-state index in [-0.39, 0.29) is 17.9 Å². The van der Waals surface area contributed by atoms with Gasteiger partial charge in [0, 0.05) is 29.2 Å². The number of amides is 1. The number of nitrogens with zero attached hydrogens (tertiary/aromatic N) is 4. The molecule has 2 N–H and O–H groups in total. The largest absolute Gasteiger partial charge is 0.354 e. The van der Waals surface area contributed by atoms with Crippen molar-refractivity contribution in [1.29, 1.82) is 0 Å². The second-order valence-corrected chi connectivity index (χ2v) is 9.36. The summed E-state index contributed by atoms with van der Waals surface area (Å²) in [5.41, 5.74) is 2.96. The summed E-state index contributed by atoms with van der Waals surface area (Å²) in [4.78, 5) is 23.7. The van der Waals surface area contributed by atoms with E-state index in [4.69, 9.17) is 11.6 Å². The molecule has 0 bridgehead atoms. The summed E-state index contributed by atoms with van der Waals surface area (Å²) in [6.45, 7) is 3.98. The van der Waals surface area contributed by atoms with E-state index in [1.807, 2.05) is 26.0 Å². The molecule has 154 valence electrons. The van der Waals surface area contributed by atoms with Crippen LogP contribution in [0.5, 0.6) is 0 Å². The minimum Gasteiger partial charge on any atom is -0.354 e. The van der Waals surface area contributed by atoms with Gasteiger partial charge in [0.1, 0.15) is 17.0 Å². The van der Waals surface area contributed by atoms with Crippen molar-refractivity contribution in [2.45, 2.75) is 39.2 Å². The number of nitrogens with one attached hydrogen (secondary N) is 2. The van der Waals surface area contributed by atoms with Crippen molar-refractivity contribution in [3.05, 3.63) is 46.3 Å². The van der Waals surface area contributed by atoms with E-state index in [0.29, 0.717) is 5.02 Å². The second kappa shape index (κ2) is 7.52. The lowest BCUT2D eigenvalue weighted by Gasteiger charge is -2.23. The van der Waals surface area contributed by atoms with Crippen molar-refractivity contribution < 1.29 is 4.79 Å². The maximum absolute atomic E-state index is 12.5. The van der Waals surface area contributed by atoms with E-state index in [0.717, 1.165) is 46.5 Å². The first-order valence-electron chi connectivity index (χ1n) is 9.95. The molecule has 7 nitrogen and oxygen atoms in total. The van der Waals surface area contributed by atoms with E-state index < -0.39 is 0 Å². The Morgan fingerprint density at radius 2 is 2.23 bits per heavy atom. The molecule has 0 saturated heterocycles. The van der Waals surface area contributed by atoms with Crippen LogP contribution in [0.25, 0.3) is 15.7 Å². The number of fused-ring (bicyclic) bond motifs is 4. The molecule has 0 unspecified atom stereocenters. The van der Waals surface area contributed by atoms with Gasteiger partial charge in [0.25, 0.3) is 0 Å². The molecule has 9 heteroatoms. The summed E-state index contributed by atoms with van der Waals surface area (Å²) >= 11 is 8.12. The van der Waals surface area contributed by atoms with Crippen LogP contribution in [0, 0.1) is 5.92 Å². The van der Waals surface area contributed by atoms with Crippen molar-refractivity contribution in [3.8, 4) is 0 Å². The van der Waals surface area contributed by atoms with Gasteiger partial charge >= 0.3 is 0 Å². The number of thiophene rings is 1. The van der Waals surface area contributed by atoms with Crippen molar-refractivity contribution >= 4 is 56.1 Å². The molecule has 0 fully saturated rings. The molecule has 1 amide bonds. The number of aryl methyl sites for hydroxylation is 1. The molecule has 4 heterocycles. The minimum atomic E-state index is 0.0102. The predicted octanol–water partition coefficient (Wildman–Crippen LogP) is 4.37. The van der Waals surface area contributed by atoms with E-state index in [1.165, 1.54) is 10.4 Å². The molecule has 1 atom stereocenters. The lowest BCUT2D eigenvalue weighted by atomic mass is 9.87. The quantitative estimate of drug-likeness (QED) is 0.492. The summed E-state index contributed by atoms with van der Waals surface area (Å²) in [5.74, 6) is 0.892. The number of carbonyl (C=O) groups is 1. The van der Waals surface area contributed by atoms with Gasteiger partial charge in [0.2, 0.25) is 5.91 Å². The fourth-order valence-corrected chi connectivity index (χ4v) is 5.46. The van der Waals surface area contributed by atoms with Gasteiger partial charge in [-0.2, -0.15) is 5.10 Å². The van der Waals surface area contributed by atoms with Crippen LogP contribution in [0.4, 0.5) is 11.5 Å². The molecule has 0 aromatic carbocycles. The number of rotatable bonds is 4. The van der Waals surface area contributed by atoms with Crippen LogP contribution in [0.1, 0.15) is 30.7 Å². The molecule has 1 aliphatic carbocycles. The number of carbonyl (C=O) groups excluding carboxylic acids is 1. The van der Waals surface area contributed by atoms with Crippen molar-refractivity contribution in [2.24, 2.45) is 5.92 Å². The molecular weight excluding hydrogens is 420 g/mol. The van der Waals surface area contributed by atoms with Gasteiger partial charge in [-0.05, 0) is 50.8 Å². The van der Waals surface area contributed by atoms with Crippen LogP contribution in [0.3, 0.4) is 0 Å². The van der Waals surface area contributed by atoms with Gasteiger partial charge in [0.05, 0.1) is 21.6 Å². The van der Waals surface area contributed by atoms with E-state index in [9.17, 15) is 4.79 Å². The van der Waals surface area contributed by atoms with Crippen LogP contribution in [-0.2, 0) is 17.6 Å². The number of hydrogen-bond donors (Lipinski definition) is 2. The Labute approximate surface area is 182 Å². The predicted molar refractivity (Wildman–Crippen MR) is 120 cm³/mol. The highest BCUT2D eigenvalue weighted by Gasteiger charge is 2.29. The van der Waals surface area contributed by atoms with Gasteiger partial charge in [-0.15, -0.1) is 11.3 Å². The van der Waals surface area contributed by atoms with Crippen molar-refractivity contribution in [2.75, 3.05) is 5.32 Å². The fourth-order valence-electron chi connectivity index (χ4n) is 3.99. The Morgan fingerprint density at radius 1 is 1.37 bits per heavy atom. The highest BCUT2D eigenvalue weighted by atomic mass is 35.5. The van der Waals surface area contributed by atoms with Crippen LogP contribution in [0.2, 0.25) is 5.02 Å².